The number of sulfonamides is 1. The summed E-state index contributed by atoms with van der Waals surface area (Å²) in [4.78, 5) is 23.3. The van der Waals surface area contributed by atoms with E-state index in [2.05, 4.69) is 5.32 Å². The third-order valence-corrected chi connectivity index (χ3v) is 6.33. The minimum Gasteiger partial charge on any atom is -0.378 e. The largest absolute Gasteiger partial charge is 0.378 e. The molecule has 0 aromatic heterocycles. The van der Waals surface area contributed by atoms with Crippen LogP contribution in [0.4, 0.5) is 11.4 Å². The molecule has 11 heteroatoms. The molecular weight excluding hydrogens is 477 g/mol. The first kappa shape index (κ1) is 23.7. The molecule has 0 fully saturated rings. The van der Waals surface area contributed by atoms with Gasteiger partial charge in [0.1, 0.15) is 0 Å². The number of non-ortho nitro benzene ring substituents is 1. The van der Waals surface area contributed by atoms with Crippen LogP contribution in [0, 0.1) is 10.1 Å². The second-order valence-electron chi connectivity index (χ2n) is 6.87. The van der Waals surface area contributed by atoms with E-state index in [1.807, 2.05) is 0 Å². The molecule has 3 rings (SSSR count). The standard InChI is InChI=1S/C21H17Cl2N3O5S/c22-18-10-3-14(11-19(18)23)21(27)12-20(13-1-6-16(7-2-13)26(28)29)25-15-4-8-17(9-5-15)32(24,30)31/h1-11,20,25H,12H2,(H2,24,30,31). The molecule has 0 spiro atoms. The molecule has 0 saturated carbocycles. The Kier molecular flexibility index (Phi) is 7.15. The zero-order valence-electron chi connectivity index (χ0n) is 16.4. The van der Waals surface area contributed by atoms with Gasteiger partial charge in [-0.05, 0) is 48.0 Å². The van der Waals surface area contributed by atoms with Crippen LogP contribution in [-0.2, 0) is 10.0 Å². The van der Waals surface area contributed by atoms with Gasteiger partial charge >= 0.3 is 0 Å². The lowest BCUT2D eigenvalue weighted by Crippen LogP contribution is -2.16. The molecule has 1 unspecified atom stereocenters. The lowest BCUT2D eigenvalue weighted by molar-refractivity contribution is -0.384. The number of nitro groups is 1. The molecule has 0 aliphatic heterocycles. The van der Waals surface area contributed by atoms with Crippen LogP contribution in [0.25, 0.3) is 0 Å². The van der Waals surface area contributed by atoms with Gasteiger partial charge in [-0.1, -0.05) is 35.3 Å². The number of nitro benzene ring substituents is 1. The highest BCUT2D eigenvalue weighted by Gasteiger charge is 2.20. The lowest BCUT2D eigenvalue weighted by atomic mass is 9.97. The molecule has 0 radical (unpaired) electrons. The number of anilines is 1. The maximum Gasteiger partial charge on any atom is 0.269 e. The first-order valence-electron chi connectivity index (χ1n) is 9.16. The maximum atomic E-state index is 12.9. The molecule has 0 bridgehead atoms. The number of carbonyl (C=O) groups excluding carboxylic acids is 1. The van der Waals surface area contributed by atoms with Crippen molar-refractivity contribution in [1.29, 1.82) is 0 Å². The van der Waals surface area contributed by atoms with Gasteiger partial charge in [-0.3, -0.25) is 14.9 Å². The van der Waals surface area contributed by atoms with Gasteiger partial charge < -0.3 is 5.32 Å². The molecule has 1 atom stereocenters. The third kappa shape index (κ3) is 5.83. The number of Topliss-reactive ketones (excluding diaryl/α,β-unsaturated/α-hetero) is 1. The van der Waals surface area contributed by atoms with Crippen LogP contribution in [0.5, 0.6) is 0 Å². The van der Waals surface area contributed by atoms with Gasteiger partial charge in [-0.2, -0.15) is 0 Å². The van der Waals surface area contributed by atoms with Crippen LogP contribution in [0.1, 0.15) is 28.4 Å². The SMILES string of the molecule is NS(=O)(=O)c1ccc(NC(CC(=O)c2ccc(Cl)c(Cl)c2)c2ccc([N+](=O)[O-])cc2)cc1. The normalized spacial score (nSPS) is 12.2. The summed E-state index contributed by atoms with van der Waals surface area (Å²) in [6.07, 6.45) is -0.00723. The molecular formula is C21H17Cl2N3O5S. The summed E-state index contributed by atoms with van der Waals surface area (Å²) in [5.41, 5.74) is 1.43. The Bertz CT molecular complexity index is 1260. The van der Waals surface area contributed by atoms with E-state index in [1.54, 1.807) is 18.2 Å². The molecule has 8 nitrogen and oxygen atoms in total. The summed E-state index contributed by atoms with van der Waals surface area (Å²) in [5, 5.41) is 19.8. The number of nitrogens with zero attached hydrogens (tertiary/aromatic N) is 1. The van der Waals surface area contributed by atoms with Crippen molar-refractivity contribution in [3.05, 3.63) is 98.0 Å². The zero-order valence-corrected chi connectivity index (χ0v) is 18.7. The van der Waals surface area contributed by atoms with E-state index in [1.165, 1.54) is 48.5 Å². The Hall–Kier alpha value is -2.98. The summed E-state index contributed by atoms with van der Waals surface area (Å²) in [6, 6.07) is 15.5. The summed E-state index contributed by atoms with van der Waals surface area (Å²) >= 11 is 11.9. The van der Waals surface area contributed by atoms with Gasteiger partial charge in [-0.15, -0.1) is 0 Å². The summed E-state index contributed by atoms with van der Waals surface area (Å²) < 4.78 is 22.9. The first-order chi connectivity index (χ1) is 15.0. The van der Waals surface area contributed by atoms with Crippen molar-refractivity contribution in [3.8, 4) is 0 Å². The second kappa shape index (κ2) is 9.66. The number of hydrogen-bond donors (Lipinski definition) is 2. The number of nitrogens with one attached hydrogen (secondary N) is 1. The molecule has 166 valence electrons. The fraction of sp³-hybridized carbons (Fsp3) is 0.0952. The molecule has 3 N–H and O–H groups in total. The monoisotopic (exact) mass is 493 g/mol. The number of primary sulfonamides is 1. The van der Waals surface area contributed by atoms with E-state index in [9.17, 15) is 23.3 Å². The molecule has 0 heterocycles. The molecule has 0 aliphatic carbocycles. The van der Waals surface area contributed by atoms with Crippen LogP contribution in [0.2, 0.25) is 10.0 Å². The molecule has 0 saturated heterocycles. The Balaban J connectivity index is 1.90. The molecule has 0 aliphatic rings. The van der Waals surface area contributed by atoms with Crippen molar-refractivity contribution in [1.82, 2.24) is 0 Å². The predicted octanol–water partition coefficient (Wildman–Crippen LogP) is 4.98. The summed E-state index contributed by atoms with van der Waals surface area (Å²) in [5.74, 6) is -0.236. The van der Waals surface area contributed by atoms with E-state index in [0.29, 0.717) is 21.8 Å². The van der Waals surface area contributed by atoms with Crippen LogP contribution >= 0.6 is 23.2 Å². The highest BCUT2D eigenvalue weighted by molar-refractivity contribution is 7.89. The van der Waals surface area contributed by atoms with E-state index in [-0.39, 0.29) is 27.8 Å². The average molecular weight is 494 g/mol. The van der Waals surface area contributed by atoms with Crippen molar-refractivity contribution in [2.24, 2.45) is 5.14 Å². The topological polar surface area (TPSA) is 132 Å². The Morgan fingerprint density at radius 3 is 2.16 bits per heavy atom. The van der Waals surface area contributed by atoms with E-state index < -0.39 is 21.0 Å². The lowest BCUT2D eigenvalue weighted by Gasteiger charge is -2.20. The van der Waals surface area contributed by atoms with Gasteiger partial charge in [0, 0.05) is 29.8 Å². The quantitative estimate of drug-likeness (QED) is 0.258. The predicted molar refractivity (Wildman–Crippen MR) is 123 cm³/mol. The fourth-order valence-electron chi connectivity index (χ4n) is 3.00. The molecule has 32 heavy (non-hydrogen) atoms. The number of carbonyl (C=O) groups is 1. The van der Waals surface area contributed by atoms with E-state index in [0.717, 1.165) is 0 Å². The van der Waals surface area contributed by atoms with Crippen molar-refractivity contribution < 1.29 is 18.1 Å². The minimum atomic E-state index is -3.84. The highest BCUT2D eigenvalue weighted by atomic mass is 35.5. The van der Waals surface area contributed by atoms with E-state index >= 15 is 0 Å². The van der Waals surface area contributed by atoms with Crippen molar-refractivity contribution >= 4 is 50.4 Å². The van der Waals surface area contributed by atoms with Gasteiger partial charge in [0.05, 0.1) is 25.9 Å². The van der Waals surface area contributed by atoms with Gasteiger partial charge in [0.25, 0.3) is 5.69 Å². The number of halogens is 2. The summed E-state index contributed by atoms with van der Waals surface area (Å²) in [7, 11) is -3.84. The average Bonchev–Trinajstić information content (AvgIpc) is 2.75. The van der Waals surface area contributed by atoms with E-state index in [4.69, 9.17) is 28.3 Å². The van der Waals surface area contributed by atoms with Crippen LogP contribution in [0.3, 0.4) is 0 Å². The van der Waals surface area contributed by atoms with Crippen LogP contribution in [-0.4, -0.2) is 19.1 Å². The molecule has 0 amide bonds. The highest BCUT2D eigenvalue weighted by Crippen LogP contribution is 2.29. The van der Waals surface area contributed by atoms with Crippen molar-refractivity contribution in [2.75, 3.05) is 5.32 Å². The van der Waals surface area contributed by atoms with Crippen LogP contribution < -0.4 is 10.5 Å². The van der Waals surface area contributed by atoms with Crippen LogP contribution in [0.15, 0.2) is 71.6 Å². The minimum absolute atomic E-state index is 0.00723. The number of benzene rings is 3. The first-order valence-corrected chi connectivity index (χ1v) is 11.5. The number of rotatable bonds is 8. The number of hydrogen-bond acceptors (Lipinski definition) is 6. The zero-order chi connectivity index (χ0) is 23.5. The third-order valence-electron chi connectivity index (χ3n) is 4.66. The van der Waals surface area contributed by atoms with Gasteiger partial charge in [0.15, 0.2) is 5.78 Å². The van der Waals surface area contributed by atoms with Crippen molar-refractivity contribution in [3.63, 3.8) is 0 Å². The molecule has 3 aromatic carbocycles. The maximum absolute atomic E-state index is 12.9. The molecule has 3 aromatic rings. The van der Waals surface area contributed by atoms with Gasteiger partial charge in [-0.25, -0.2) is 13.6 Å². The second-order valence-corrected chi connectivity index (χ2v) is 9.25. The number of ketones is 1. The fourth-order valence-corrected chi connectivity index (χ4v) is 3.81. The Morgan fingerprint density at radius 1 is 1.00 bits per heavy atom. The van der Waals surface area contributed by atoms with Gasteiger partial charge in [0.2, 0.25) is 10.0 Å². The van der Waals surface area contributed by atoms with Crippen molar-refractivity contribution in [2.45, 2.75) is 17.4 Å². The smallest absolute Gasteiger partial charge is 0.269 e. The number of nitrogens with two attached hydrogens (primary N) is 1. The Labute approximate surface area is 194 Å². The summed E-state index contributed by atoms with van der Waals surface area (Å²) in [6.45, 7) is 0. The Morgan fingerprint density at radius 2 is 1.62 bits per heavy atom.